The van der Waals surface area contributed by atoms with Crippen molar-refractivity contribution < 1.29 is 18.3 Å². The van der Waals surface area contributed by atoms with Crippen LogP contribution in [-0.2, 0) is 9.53 Å². The van der Waals surface area contributed by atoms with Crippen LogP contribution in [0.4, 0.5) is 14.6 Å². The van der Waals surface area contributed by atoms with Gasteiger partial charge in [-0.2, -0.15) is 5.10 Å². The van der Waals surface area contributed by atoms with Crippen LogP contribution in [-0.4, -0.2) is 49.9 Å². The first-order valence-corrected chi connectivity index (χ1v) is 11.4. The summed E-state index contributed by atoms with van der Waals surface area (Å²) in [7, 11) is 1.67. The summed E-state index contributed by atoms with van der Waals surface area (Å²) >= 11 is 0. The fourth-order valence-corrected chi connectivity index (χ4v) is 5.26. The molecule has 3 aromatic heterocycles. The van der Waals surface area contributed by atoms with Crippen LogP contribution in [0.1, 0.15) is 42.7 Å². The van der Waals surface area contributed by atoms with Gasteiger partial charge in [0.2, 0.25) is 5.91 Å². The van der Waals surface area contributed by atoms with E-state index in [-0.39, 0.29) is 30.2 Å². The number of nitrogens with one attached hydrogen (secondary N) is 2. The summed E-state index contributed by atoms with van der Waals surface area (Å²) in [5.41, 5.74) is 3.50. The van der Waals surface area contributed by atoms with E-state index in [1.165, 1.54) is 0 Å². The van der Waals surface area contributed by atoms with E-state index < -0.39 is 12.1 Å². The van der Waals surface area contributed by atoms with Crippen molar-refractivity contribution in [3.63, 3.8) is 0 Å². The molecule has 4 atom stereocenters. The van der Waals surface area contributed by atoms with E-state index in [1.54, 1.807) is 43.2 Å². The number of aromatic amines is 1. The van der Waals surface area contributed by atoms with Gasteiger partial charge in [0.05, 0.1) is 41.8 Å². The maximum Gasteiger partial charge on any atom is 0.231 e. The number of amides is 1. The molecule has 2 fully saturated rings. The van der Waals surface area contributed by atoms with E-state index in [2.05, 4.69) is 25.5 Å². The molecule has 8 nitrogen and oxygen atoms in total. The van der Waals surface area contributed by atoms with Crippen molar-refractivity contribution in [2.75, 3.05) is 12.4 Å². The van der Waals surface area contributed by atoms with Crippen LogP contribution in [0.2, 0.25) is 0 Å². The lowest BCUT2D eigenvalue weighted by molar-refractivity contribution is -0.117. The van der Waals surface area contributed by atoms with Gasteiger partial charge in [-0.1, -0.05) is 6.42 Å². The van der Waals surface area contributed by atoms with Crippen LogP contribution in [0, 0.1) is 18.7 Å². The molecule has 2 unspecified atom stereocenters. The molecule has 0 spiro atoms. The first kappa shape index (κ1) is 21.2. The quantitative estimate of drug-likeness (QED) is 0.457. The highest BCUT2D eigenvalue weighted by Gasteiger charge is 2.43. The molecule has 2 N–H and O–H groups in total. The summed E-state index contributed by atoms with van der Waals surface area (Å²) in [6.45, 7) is 1.76. The van der Waals surface area contributed by atoms with E-state index >= 15 is 4.39 Å². The lowest BCUT2D eigenvalue weighted by atomic mass is 9.88. The Bertz CT molecular complexity index is 1430. The van der Waals surface area contributed by atoms with Gasteiger partial charge in [0.1, 0.15) is 12.0 Å². The molecule has 2 aliphatic rings. The second-order valence-corrected chi connectivity index (χ2v) is 9.21. The predicted molar refractivity (Wildman–Crippen MR) is 122 cm³/mol. The molecule has 0 saturated heterocycles. The van der Waals surface area contributed by atoms with Crippen LogP contribution in [0.15, 0.2) is 24.8 Å². The number of anilines is 1. The van der Waals surface area contributed by atoms with Crippen molar-refractivity contribution >= 4 is 28.3 Å². The number of methoxy groups -OCH3 is 1. The molecule has 34 heavy (non-hydrogen) atoms. The molecular formula is C24H24F2N6O2. The van der Waals surface area contributed by atoms with Gasteiger partial charge in [0.25, 0.3) is 0 Å². The zero-order valence-corrected chi connectivity index (χ0v) is 18.8. The summed E-state index contributed by atoms with van der Waals surface area (Å²) in [4.78, 5) is 20.9. The van der Waals surface area contributed by atoms with Gasteiger partial charge < -0.3 is 14.5 Å². The van der Waals surface area contributed by atoms with Gasteiger partial charge >= 0.3 is 0 Å². The number of halogens is 2. The Morgan fingerprint density at radius 2 is 2.12 bits per heavy atom. The number of alkyl halides is 1. The van der Waals surface area contributed by atoms with Crippen molar-refractivity contribution in [1.29, 1.82) is 0 Å². The third kappa shape index (κ3) is 3.27. The highest BCUT2D eigenvalue weighted by atomic mass is 19.1. The lowest BCUT2D eigenvalue weighted by Gasteiger charge is -2.22. The van der Waals surface area contributed by atoms with Crippen molar-refractivity contribution in [1.82, 2.24) is 24.6 Å². The van der Waals surface area contributed by atoms with Gasteiger partial charge in [-0.3, -0.25) is 14.9 Å². The number of nitrogens with zero attached hydrogens (tertiary/aromatic N) is 4. The molecule has 10 heteroatoms. The Kier molecular flexibility index (Phi) is 4.87. The summed E-state index contributed by atoms with van der Waals surface area (Å²) in [5.74, 6) is -0.965. The van der Waals surface area contributed by atoms with E-state index in [4.69, 9.17) is 4.74 Å². The minimum Gasteiger partial charge on any atom is -0.381 e. The van der Waals surface area contributed by atoms with E-state index in [0.29, 0.717) is 39.4 Å². The monoisotopic (exact) mass is 466 g/mol. The van der Waals surface area contributed by atoms with Crippen molar-refractivity contribution in [2.24, 2.45) is 5.92 Å². The number of imidazole rings is 1. The number of carbonyl (C=O) groups is 1. The maximum atomic E-state index is 15.9. The largest absolute Gasteiger partial charge is 0.381 e. The number of aromatic nitrogens is 5. The number of benzene rings is 1. The highest BCUT2D eigenvalue weighted by Crippen LogP contribution is 2.44. The van der Waals surface area contributed by atoms with Gasteiger partial charge in [0.15, 0.2) is 11.5 Å². The number of fused-ring (bicyclic) bond motifs is 2. The van der Waals surface area contributed by atoms with Crippen LogP contribution in [0.3, 0.4) is 0 Å². The Morgan fingerprint density at radius 3 is 2.88 bits per heavy atom. The van der Waals surface area contributed by atoms with E-state index in [0.717, 1.165) is 24.6 Å². The van der Waals surface area contributed by atoms with Gasteiger partial charge in [-0.15, -0.1) is 0 Å². The fourth-order valence-electron chi connectivity index (χ4n) is 5.26. The Morgan fingerprint density at radius 1 is 1.29 bits per heavy atom. The molecule has 6 rings (SSSR count). The van der Waals surface area contributed by atoms with Crippen LogP contribution in [0.5, 0.6) is 0 Å². The van der Waals surface area contributed by atoms with Crippen LogP contribution in [0.25, 0.3) is 27.8 Å². The topological polar surface area (TPSA) is 97.2 Å². The first-order chi connectivity index (χ1) is 16.5. The molecule has 1 amide bonds. The second kappa shape index (κ2) is 7.83. The second-order valence-electron chi connectivity index (χ2n) is 9.21. The molecule has 1 aromatic carbocycles. The normalized spacial score (nSPS) is 24.2. The molecule has 4 aromatic rings. The Labute approximate surface area is 193 Å². The number of carbonyl (C=O) groups excluding carboxylic acids is 1. The average Bonchev–Trinajstić information content (AvgIpc) is 3.22. The number of ether oxygens (including phenoxy) is 1. The highest BCUT2D eigenvalue weighted by molar-refractivity contribution is 5.98. The molecule has 0 radical (unpaired) electrons. The van der Waals surface area contributed by atoms with Crippen LogP contribution >= 0.6 is 0 Å². The molecule has 176 valence electrons. The molecule has 3 heterocycles. The summed E-state index contributed by atoms with van der Waals surface area (Å²) in [6.07, 6.45) is 8.55. The van der Waals surface area contributed by atoms with Crippen molar-refractivity contribution in [2.45, 2.75) is 50.8 Å². The summed E-state index contributed by atoms with van der Waals surface area (Å²) in [6, 6.07) is 0. The Hall–Kier alpha value is -3.40. The zero-order valence-electron chi connectivity index (χ0n) is 18.8. The molecule has 0 bridgehead atoms. The Balaban J connectivity index is 1.42. The first-order valence-electron chi connectivity index (χ1n) is 11.4. The number of hydrogen-bond acceptors (Lipinski definition) is 5. The lowest BCUT2D eigenvalue weighted by Crippen LogP contribution is -2.17. The smallest absolute Gasteiger partial charge is 0.231 e. The number of H-pyrrole nitrogens is 1. The SMILES string of the molecule is COC1CCCC1c1c(F)c(C)c(-c2cn3cc(NC(=O)[C@@H]4C[C@@H]4F)nc3cn2)c2cn[nH]c12. The van der Waals surface area contributed by atoms with E-state index in [9.17, 15) is 9.18 Å². The van der Waals surface area contributed by atoms with Gasteiger partial charge in [0, 0.05) is 35.7 Å². The molecule has 0 aliphatic heterocycles. The summed E-state index contributed by atoms with van der Waals surface area (Å²) in [5, 5.41) is 10.7. The van der Waals surface area contributed by atoms with Gasteiger partial charge in [-0.25, -0.2) is 13.8 Å². The van der Waals surface area contributed by atoms with Crippen LogP contribution < -0.4 is 5.32 Å². The molecule has 2 saturated carbocycles. The number of hydrogen-bond donors (Lipinski definition) is 2. The molecular weight excluding hydrogens is 442 g/mol. The third-order valence-electron chi connectivity index (χ3n) is 7.14. The standard InChI is InChI=1S/C24H24F2N6O2/c1-11-20(14-7-28-31-23(14)21(22(11)26)12-4-3-5-17(12)34-2)16-9-32-10-18(29-19(32)8-27-16)30-24(33)13-6-15(13)25/h7-10,12-13,15,17H,3-6H2,1-2H3,(H,28,31)(H,30,33)/t12?,13-,15+,17?/m1/s1. The minimum absolute atomic E-state index is 0.0244. The minimum atomic E-state index is -1.08. The molecule has 2 aliphatic carbocycles. The summed E-state index contributed by atoms with van der Waals surface area (Å²) < 4.78 is 36.4. The van der Waals surface area contributed by atoms with Crippen molar-refractivity contribution in [3.8, 4) is 11.3 Å². The fraction of sp³-hybridized carbons (Fsp3) is 0.417. The predicted octanol–water partition coefficient (Wildman–Crippen LogP) is 4.30. The average molecular weight is 466 g/mol. The third-order valence-corrected chi connectivity index (χ3v) is 7.14. The van der Waals surface area contributed by atoms with Crippen molar-refractivity contribution in [3.05, 3.63) is 41.7 Å². The van der Waals surface area contributed by atoms with E-state index in [1.807, 2.05) is 0 Å². The number of rotatable bonds is 5. The zero-order chi connectivity index (χ0) is 23.6. The van der Waals surface area contributed by atoms with Gasteiger partial charge in [-0.05, 0) is 31.7 Å². The maximum absolute atomic E-state index is 15.9.